The second kappa shape index (κ2) is 11.8. The Labute approximate surface area is 120 Å². The summed E-state index contributed by atoms with van der Waals surface area (Å²) in [6.07, 6.45) is 0. The molecule has 0 bridgehead atoms. The quantitative estimate of drug-likeness (QED) is 0.368. The van der Waals surface area contributed by atoms with Gasteiger partial charge in [-0.1, -0.05) is 0 Å². The van der Waals surface area contributed by atoms with Gasteiger partial charge in [-0.15, -0.1) is 0 Å². The summed E-state index contributed by atoms with van der Waals surface area (Å²) in [4.78, 5) is 0. The van der Waals surface area contributed by atoms with Crippen molar-refractivity contribution in [2.24, 2.45) is 0 Å². The van der Waals surface area contributed by atoms with Crippen LogP contribution in [-0.2, 0) is 0 Å². The summed E-state index contributed by atoms with van der Waals surface area (Å²) in [5, 5.41) is 0. The lowest BCUT2D eigenvalue weighted by molar-refractivity contribution is -0.886. The summed E-state index contributed by atoms with van der Waals surface area (Å²) in [5.74, 6) is 0. The van der Waals surface area contributed by atoms with Crippen LogP contribution < -0.4 is 0 Å². The van der Waals surface area contributed by atoms with Crippen LogP contribution in [0.4, 0.5) is 51.8 Å². The highest BCUT2D eigenvalue weighted by atomic mass is 19.5. The van der Waals surface area contributed by atoms with Gasteiger partial charge in [-0.25, -0.2) is 0 Å². The molecule has 0 aromatic heterocycles. The highest BCUT2D eigenvalue weighted by Gasteiger charge is 2.21. The highest BCUT2D eigenvalue weighted by molar-refractivity contribution is 6.50. The lowest BCUT2D eigenvalue weighted by atomic mass is 10.3. The summed E-state index contributed by atoms with van der Waals surface area (Å²) < 4.78 is 118. The third-order valence-corrected chi connectivity index (χ3v) is 1.71. The Morgan fingerprint density at radius 2 is 0.591 bits per heavy atom. The summed E-state index contributed by atoms with van der Waals surface area (Å²) in [6, 6.07) is 0. The van der Waals surface area contributed by atoms with E-state index in [1.807, 2.05) is 0 Å². The average molecular weight is 363 g/mol. The molecule has 0 aliphatic rings. The van der Waals surface area contributed by atoms with E-state index in [4.69, 9.17) is 0 Å². The second-order valence-corrected chi connectivity index (χ2v) is 4.05. The first-order valence-corrected chi connectivity index (χ1v) is 5.56. The van der Waals surface area contributed by atoms with Crippen molar-refractivity contribution in [3.63, 3.8) is 0 Å². The minimum absolute atomic E-state index is 1.14. The van der Waals surface area contributed by atoms with Crippen LogP contribution in [0.5, 0.6) is 0 Å². The zero-order valence-corrected chi connectivity index (χ0v) is 12.1. The Morgan fingerprint density at radius 1 is 0.500 bits per heavy atom. The smallest absolute Gasteiger partial charge is 0.418 e. The SMILES string of the molecule is CC[N+](C)(C)CC.F[B-](F)(F)F.F[B-](F)(F)F.F[B-](F)(F)F. The second-order valence-electron chi connectivity index (χ2n) is 4.05. The van der Waals surface area contributed by atoms with E-state index < -0.39 is 21.8 Å². The molecule has 0 amide bonds. The molecule has 16 heteroatoms. The highest BCUT2D eigenvalue weighted by Crippen LogP contribution is 2.07. The monoisotopic (exact) mass is 363 g/mol. The molecule has 22 heavy (non-hydrogen) atoms. The molecule has 140 valence electrons. The number of hydrogen-bond acceptors (Lipinski definition) is 0. The lowest BCUT2D eigenvalue weighted by Gasteiger charge is -2.25. The van der Waals surface area contributed by atoms with Gasteiger partial charge >= 0.3 is 21.8 Å². The van der Waals surface area contributed by atoms with Gasteiger partial charge in [0.2, 0.25) is 0 Å². The van der Waals surface area contributed by atoms with E-state index in [1.54, 1.807) is 0 Å². The Morgan fingerprint density at radius 3 is 0.591 bits per heavy atom. The van der Waals surface area contributed by atoms with Crippen molar-refractivity contribution >= 4 is 21.8 Å². The Balaban J connectivity index is -0.0000000995. The average Bonchev–Trinajstić information content (AvgIpc) is 2.09. The first-order valence-electron chi connectivity index (χ1n) is 5.56. The van der Waals surface area contributed by atoms with E-state index in [-0.39, 0.29) is 0 Å². The van der Waals surface area contributed by atoms with Gasteiger partial charge in [0.05, 0.1) is 27.2 Å². The van der Waals surface area contributed by atoms with Crippen molar-refractivity contribution < 1.29 is 56.3 Å². The molecule has 0 atom stereocenters. The van der Waals surface area contributed by atoms with Crippen LogP contribution in [0.2, 0.25) is 0 Å². The molecule has 0 saturated carbocycles. The molecule has 0 rings (SSSR count). The molecule has 0 aliphatic heterocycles. The van der Waals surface area contributed by atoms with E-state index in [0.29, 0.717) is 0 Å². The molecule has 0 N–H and O–H groups in total. The molecule has 0 aromatic carbocycles. The molecule has 0 radical (unpaired) electrons. The molecule has 0 heterocycles. The van der Waals surface area contributed by atoms with E-state index in [9.17, 15) is 51.8 Å². The molecule has 0 saturated heterocycles. The van der Waals surface area contributed by atoms with Gasteiger partial charge < -0.3 is 56.3 Å². The van der Waals surface area contributed by atoms with Gasteiger partial charge in [-0.05, 0) is 13.8 Å². The molecular formula is C6H16B3F12N-2. The van der Waals surface area contributed by atoms with E-state index in [0.717, 1.165) is 4.48 Å². The predicted octanol–water partition coefficient (Wildman–Crippen LogP) is 5.00. The van der Waals surface area contributed by atoms with Crippen LogP contribution in [0.25, 0.3) is 0 Å². The first-order chi connectivity index (χ1) is 9.12. The van der Waals surface area contributed by atoms with Gasteiger partial charge in [0.25, 0.3) is 0 Å². The maximum atomic E-state index is 9.75. The van der Waals surface area contributed by atoms with Gasteiger partial charge in [0.1, 0.15) is 0 Å². The Kier molecular flexibility index (Phi) is 15.8. The largest absolute Gasteiger partial charge is 0.673 e. The van der Waals surface area contributed by atoms with E-state index in [2.05, 4.69) is 27.9 Å². The van der Waals surface area contributed by atoms with Crippen molar-refractivity contribution in [1.82, 2.24) is 0 Å². The zero-order chi connectivity index (χ0) is 19.4. The van der Waals surface area contributed by atoms with Crippen LogP contribution in [0.1, 0.15) is 13.8 Å². The normalized spacial score (nSPS) is 12.0. The van der Waals surface area contributed by atoms with Crippen LogP contribution >= 0.6 is 0 Å². The van der Waals surface area contributed by atoms with Crippen molar-refractivity contribution in [3.05, 3.63) is 0 Å². The third-order valence-electron chi connectivity index (χ3n) is 1.71. The molecular weight excluding hydrogens is 346 g/mol. The molecule has 0 fully saturated rings. The molecule has 0 unspecified atom stereocenters. The standard InChI is InChI=1S/C6H16N.3BF4/c1-5-7(3,4)6-2;3*2-1(3,4)5/h5-6H2,1-4H3;;;/q+1;3*-1. The van der Waals surface area contributed by atoms with Crippen LogP contribution in [0, 0.1) is 0 Å². The topological polar surface area (TPSA) is 0 Å². The van der Waals surface area contributed by atoms with Gasteiger partial charge in [-0.2, -0.15) is 0 Å². The third kappa shape index (κ3) is 229. The molecule has 1 nitrogen and oxygen atoms in total. The zero-order valence-electron chi connectivity index (χ0n) is 12.1. The van der Waals surface area contributed by atoms with Crippen molar-refractivity contribution in [3.8, 4) is 0 Å². The van der Waals surface area contributed by atoms with Crippen LogP contribution in [0.15, 0.2) is 0 Å². The number of rotatable bonds is 2. The Bertz CT molecular complexity index is 194. The minimum atomic E-state index is -6.00. The van der Waals surface area contributed by atoms with E-state index in [1.165, 1.54) is 13.1 Å². The summed E-state index contributed by atoms with van der Waals surface area (Å²) in [5.41, 5.74) is 0. The van der Waals surface area contributed by atoms with Crippen molar-refractivity contribution in [1.29, 1.82) is 0 Å². The van der Waals surface area contributed by atoms with Crippen LogP contribution in [0.3, 0.4) is 0 Å². The Hall–Kier alpha value is -0.685. The first kappa shape index (κ1) is 29.3. The lowest BCUT2D eigenvalue weighted by Crippen LogP contribution is -2.38. The summed E-state index contributed by atoms with van der Waals surface area (Å²) in [7, 11) is -13.5. The summed E-state index contributed by atoms with van der Waals surface area (Å²) in [6.45, 7) is 6.89. The van der Waals surface area contributed by atoms with Crippen molar-refractivity contribution in [2.75, 3.05) is 27.2 Å². The molecule has 0 spiro atoms. The number of halogens is 12. The maximum Gasteiger partial charge on any atom is 0.673 e. The fourth-order valence-electron chi connectivity index (χ4n) is 0.224. The fourth-order valence-corrected chi connectivity index (χ4v) is 0.224. The summed E-state index contributed by atoms with van der Waals surface area (Å²) >= 11 is 0. The number of quaternary nitrogens is 1. The molecule has 0 aromatic rings. The van der Waals surface area contributed by atoms with Crippen molar-refractivity contribution in [2.45, 2.75) is 13.8 Å². The number of nitrogens with zero attached hydrogens (tertiary/aromatic N) is 1. The van der Waals surface area contributed by atoms with Crippen LogP contribution in [-0.4, -0.2) is 53.4 Å². The predicted molar refractivity (Wildman–Crippen MR) is 63.7 cm³/mol. The van der Waals surface area contributed by atoms with E-state index >= 15 is 0 Å². The van der Waals surface area contributed by atoms with Gasteiger partial charge in [0, 0.05) is 0 Å². The minimum Gasteiger partial charge on any atom is -0.418 e. The van der Waals surface area contributed by atoms with Gasteiger partial charge in [0.15, 0.2) is 0 Å². The number of hydrogen-bond donors (Lipinski definition) is 0. The fraction of sp³-hybridized carbons (Fsp3) is 1.00. The maximum absolute atomic E-state index is 9.75. The molecule has 0 aliphatic carbocycles. The van der Waals surface area contributed by atoms with Gasteiger partial charge in [-0.3, -0.25) is 0 Å².